The highest BCUT2D eigenvalue weighted by molar-refractivity contribution is 5.53. The Bertz CT molecular complexity index is 1210. The molecule has 0 N–H and O–H groups in total. The maximum Gasteiger partial charge on any atom is 0.203 e. The normalized spacial score (nSPS) is 11.6. The van der Waals surface area contributed by atoms with Gasteiger partial charge in [0.05, 0.1) is 19.8 Å². The molecule has 0 aliphatic heterocycles. The average Bonchev–Trinajstić information content (AvgIpc) is 3.47. The van der Waals surface area contributed by atoms with E-state index in [2.05, 4.69) is 39.8 Å². The number of unbranched alkanes of at least 4 members (excludes halogenated alkanes) is 60. The summed E-state index contributed by atoms with van der Waals surface area (Å²) in [7, 11) is 0. The molecule has 468 valence electrons. The van der Waals surface area contributed by atoms with E-state index in [1.165, 1.54) is 391 Å². The van der Waals surface area contributed by atoms with E-state index in [0.717, 1.165) is 56.3 Å². The molecule has 1 rings (SSSR count). The van der Waals surface area contributed by atoms with E-state index in [1.54, 1.807) is 0 Å². The monoisotopic (exact) mass is 1110 g/mol. The van der Waals surface area contributed by atoms with Crippen LogP contribution in [0.3, 0.4) is 0 Å². The third-order valence-electron chi connectivity index (χ3n) is 17.7. The van der Waals surface area contributed by atoms with Gasteiger partial charge in [-0.3, -0.25) is 0 Å². The molecule has 0 aromatic heterocycles. The lowest BCUT2D eigenvalue weighted by atomic mass is 10.0. The van der Waals surface area contributed by atoms with Crippen LogP contribution in [-0.4, -0.2) is 19.8 Å². The fourth-order valence-corrected chi connectivity index (χ4v) is 12.2. The first-order valence-corrected chi connectivity index (χ1v) is 37.3. The van der Waals surface area contributed by atoms with Gasteiger partial charge in [-0.1, -0.05) is 406 Å². The summed E-state index contributed by atoms with van der Waals surface area (Å²) in [6, 6.07) is 4.38. The van der Waals surface area contributed by atoms with E-state index in [0.29, 0.717) is 0 Å². The second-order valence-electron chi connectivity index (χ2n) is 25.8. The van der Waals surface area contributed by atoms with Gasteiger partial charge in [-0.05, 0) is 43.9 Å². The highest BCUT2D eigenvalue weighted by atomic mass is 16.5. The SMILES string of the molecule is CCCCCCCCCCCCCCCCCCCCCCCOc1cc(C)cc(OCCCCCCCCCCCCCCCCCCCCCCC)c1OCCCCCCCCCCCCCCCCCCCCCCC. The van der Waals surface area contributed by atoms with Crippen LogP contribution in [0.5, 0.6) is 17.2 Å². The quantitative estimate of drug-likeness (QED) is 0.0609. The summed E-state index contributed by atoms with van der Waals surface area (Å²) in [6.07, 6.45) is 88.9. The minimum absolute atomic E-state index is 0.744. The Labute approximate surface area is 498 Å². The fraction of sp³-hybridized carbons (Fsp3) is 0.921. The van der Waals surface area contributed by atoms with Crippen molar-refractivity contribution in [3.8, 4) is 17.2 Å². The second kappa shape index (κ2) is 65.8. The first-order chi connectivity index (χ1) is 39.2. The Hall–Kier alpha value is -1.38. The summed E-state index contributed by atoms with van der Waals surface area (Å²) in [4.78, 5) is 0. The molecule has 3 heteroatoms. The Morgan fingerprint density at radius 2 is 0.329 bits per heavy atom. The van der Waals surface area contributed by atoms with Crippen molar-refractivity contribution in [2.45, 2.75) is 432 Å². The van der Waals surface area contributed by atoms with Crippen molar-refractivity contribution in [2.24, 2.45) is 0 Å². The van der Waals surface area contributed by atoms with E-state index in [1.807, 2.05) is 0 Å². The predicted octanol–water partition coefficient (Wildman–Crippen LogP) is 27.8. The van der Waals surface area contributed by atoms with Crippen LogP contribution in [0.15, 0.2) is 12.1 Å². The zero-order chi connectivity index (χ0) is 56.5. The molecule has 3 nitrogen and oxygen atoms in total. The van der Waals surface area contributed by atoms with Gasteiger partial charge in [0.2, 0.25) is 5.75 Å². The lowest BCUT2D eigenvalue weighted by Gasteiger charge is -2.18. The summed E-state index contributed by atoms with van der Waals surface area (Å²) in [5.74, 6) is 2.64. The zero-order valence-corrected chi connectivity index (χ0v) is 55.0. The van der Waals surface area contributed by atoms with Gasteiger partial charge in [-0.25, -0.2) is 0 Å². The number of rotatable bonds is 69. The van der Waals surface area contributed by atoms with Gasteiger partial charge in [-0.2, -0.15) is 0 Å². The summed E-state index contributed by atoms with van der Waals surface area (Å²) in [5, 5.41) is 0. The van der Waals surface area contributed by atoms with Crippen LogP contribution in [0, 0.1) is 6.92 Å². The molecule has 0 unspecified atom stereocenters. The molecule has 0 amide bonds. The first-order valence-electron chi connectivity index (χ1n) is 37.3. The molecule has 1 aromatic carbocycles. The molecule has 0 heterocycles. The van der Waals surface area contributed by atoms with Crippen molar-refractivity contribution in [3.05, 3.63) is 17.7 Å². The van der Waals surface area contributed by atoms with Crippen molar-refractivity contribution < 1.29 is 14.2 Å². The number of hydrogen-bond donors (Lipinski definition) is 0. The van der Waals surface area contributed by atoms with Crippen LogP contribution in [0.25, 0.3) is 0 Å². The Kier molecular flexibility index (Phi) is 63.0. The molecule has 79 heavy (non-hydrogen) atoms. The summed E-state index contributed by atoms with van der Waals surface area (Å²) in [5.41, 5.74) is 1.20. The fourth-order valence-electron chi connectivity index (χ4n) is 12.2. The van der Waals surface area contributed by atoms with Gasteiger partial charge < -0.3 is 14.2 Å². The van der Waals surface area contributed by atoms with Crippen LogP contribution < -0.4 is 14.2 Å². The molecule has 0 atom stereocenters. The molecule has 0 saturated heterocycles. The van der Waals surface area contributed by atoms with Crippen molar-refractivity contribution in [1.29, 1.82) is 0 Å². The minimum atomic E-state index is 0.744. The van der Waals surface area contributed by atoms with Gasteiger partial charge in [0.25, 0.3) is 0 Å². The Morgan fingerprint density at radius 3 is 0.494 bits per heavy atom. The molecule has 1 aromatic rings. The van der Waals surface area contributed by atoms with E-state index < -0.39 is 0 Å². The summed E-state index contributed by atoms with van der Waals surface area (Å²) in [6.45, 7) is 11.4. The number of aryl methyl sites for hydroxylation is 1. The van der Waals surface area contributed by atoms with E-state index >= 15 is 0 Å². The van der Waals surface area contributed by atoms with E-state index in [4.69, 9.17) is 14.2 Å². The van der Waals surface area contributed by atoms with Gasteiger partial charge >= 0.3 is 0 Å². The minimum Gasteiger partial charge on any atom is -0.490 e. The number of benzene rings is 1. The Balaban J connectivity index is 2.29. The zero-order valence-electron chi connectivity index (χ0n) is 55.0. The molecular formula is C76H146O3. The predicted molar refractivity (Wildman–Crippen MR) is 356 cm³/mol. The Morgan fingerprint density at radius 1 is 0.190 bits per heavy atom. The molecule has 0 saturated carbocycles. The van der Waals surface area contributed by atoms with Gasteiger partial charge in [-0.15, -0.1) is 0 Å². The largest absolute Gasteiger partial charge is 0.490 e. The highest BCUT2D eigenvalue weighted by Crippen LogP contribution is 2.39. The van der Waals surface area contributed by atoms with Crippen LogP contribution in [0.2, 0.25) is 0 Å². The number of hydrogen-bond acceptors (Lipinski definition) is 3. The maximum atomic E-state index is 6.61. The number of ether oxygens (including phenoxy) is 3. The van der Waals surface area contributed by atoms with Gasteiger partial charge in [0, 0.05) is 0 Å². The van der Waals surface area contributed by atoms with Crippen LogP contribution in [0.4, 0.5) is 0 Å². The molecule has 0 spiro atoms. The third kappa shape index (κ3) is 56.9. The lowest BCUT2D eigenvalue weighted by molar-refractivity contribution is 0.234. The molecule has 0 aliphatic carbocycles. The molecule has 0 aliphatic rings. The molecular weight excluding hydrogens is 961 g/mol. The maximum absolute atomic E-state index is 6.61. The van der Waals surface area contributed by atoms with Crippen LogP contribution in [0.1, 0.15) is 431 Å². The summed E-state index contributed by atoms with van der Waals surface area (Å²) < 4.78 is 19.7. The molecule has 0 bridgehead atoms. The molecule has 0 fully saturated rings. The third-order valence-corrected chi connectivity index (χ3v) is 17.7. The van der Waals surface area contributed by atoms with Gasteiger partial charge in [0.15, 0.2) is 11.5 Å². The van der Waals surface area contributed by atoms with Crippen molar-refractivity contribution in [1.82, 2.24) is 0 Å². The topological polar surface area (TPSA) is 27.7 Å². The van der Waals surface area contributed by atoms with Crippen molar-refractivity contribution in [2.75, 3.05) is 19.8 Å². The van der Waals surface area contributed by atoms with Crippen molar-refractivity contribution >= 4 is 0 Å². The first kappa shape index (κ1) is 75.6. The highest BCUT2D eigenvalue weighted by Gasteiger charge is 2.15. The van der Waals surface area contributed by atoms with Gasteiger partial charge in [0.1, 0.15) is 0 Å². The van der Waals surface area contributed by atoms with E-state index in [9.17, 15) is 0 Å². The van der Waals surface area contributed by atoms with Crippen LogP contribution in [-0.2, 0) is 0 Å². The van der Waals surface area contributed by atoms with Crippen molar-refractivity contribution in [3.63, 3.8) is 0 Å². The van der Waals surface area contributed by atoms with E-state index in [-0.39, 0.29) is 0 Å². The van der Waals surface area contributed by atoms with Crippen LogP contribution >= 0.6 is 0 Å². The standard InChI is InChI=1S/C76H146O3/c1-5-8-11-14-17-20-23-26-29-32-35-38-41-44-47-50-53-56-59-62-65-68-77-74-71-73(4)72-75(78-69-66-63-60-57-54-51-48-45-42-39-36-33-30-27-24-21-18-15-12-9-6-2)76(74)79-70-67-64-61-58-55-52-49-46-43-40-37-34-31-28-25-22-19-16-13-10-7-3/h71-72H,5-70H2,1-4H3. The summed E-state index contributed by atoms with van der Waals surface area (Å²) >= 11 is 0. The second-order valence-corrected chi connectivity index (χ2v) is 25.8. The smallest absolute Gasteiger partial charge is 0.203 e. The average molecular weight is 1110 g/mol. The molecule has 0 radical (unpaired) electrons. The lowest BCUT2D eigenvalue weighted by Crippen LogP contribution is -2.06.